The maximum atomic E-state index is 11.3. The van der Waals surface area contributed by atoms with E-state index in [2.05, 4.69) is 15.5 Å². The van der Waals surface area contributed by atoms with E-state index in [1.165, 1.54) is 0 Å². The predicted molar refractivity (Wildman–Crippen MR) is 74.0 cm³/mol. The largest absolute Gasteiger partial charge is 0.480 e. The summed E-state index contributed by atoms with van der Waals surface area (Å²) < 4.78 is 0. The number of rotatable bonds is 5. The minimum atomic E-state index is -0.852. The molecule has 19 heavy (non-hydrogen) atoms. The van der Waals surface area contributed by atoms with Gasteiger partial charge in [-0.25, -0.2) is 4.79 Å². The molecule has 1 unspecified atom stereocenters. The van der Waals surface area contributed by atoms with Gasteiger partial charge in [-0.15, -0.1) is 0 Å². The lowest BCUT2D eigenvalue weighted by atomic mass is 10.0. The first-order valence-corrected chi connectivity index (χ1v) is 6.27. The zero-order valence-corrected chi connectivity index (χ0v) is 11.0. The number of aromatic nitrogens is 2. The summed E-state index contributed by atoms with van der Waals surface area (Å²) in [7, 11) is 0. The molecule has 1 aromatic carbocycles. The number of nitrogens with zero attached hydrogens (tertiary/aromatic N) is 2. The maximum Gasteiger partial charge on any atom is 0.326 e. The molecule has 0 radical (unpaired) electrons. The van der Waals surface area contributed by atoms with Crippen molar-refractivity contribution >= 4 is 22.6 Å². The van der Waals surface area contributed by atoms with Crippen molar-refractivity contribution in [3.05, 3.63) is 30.5 Å². The highest BCUT2D eigenvalue weighted by molar-refractivity contribution is 5.92. The van der Waals surface area contributed by atoms with Gasteiger partial charge in [-0.2, -0.15) is 10.2 Å². The average molecular weight is 259 g/mol. The van der Waals surface area contributed by atoms with Gasteiger partial charge in [0.15, 0.2) is 0 Å². The normalized spacial score (nSPS) is 12.6. The molecule has 0 aliphatic heterocycles. The lowest BCUT2D eigenvalue weighted by Gasteiger charge is -2.18. The number of carboxylic acid groups (broad SMARTS) is 1. The number of carboxylic acids is 1. The molecule has 5 nitrogen and oxygen atoms in total. The van der Waals surface area contributed by atoms with Crippen molar-refractivity contribution in [2.45, 2.75) is 26.3 Å². The minimum absolute atomic E-state index is 0.301. The number of aliphatic carboxylic acids is 1. The molecular weight excluding hydrogens is 242 g/mol. The molecular formula is C14H17N3O2. The smallest absolute Gasteiger partial charge is 0.326 e. The molecule has 0 saturated heterocycles. The molecule has 0 aliphatic carbocycles. The lowest BCUT2D eigenvalue weighted by Crippen LogP contribution is -2.30. The van der Waals surface area contributed by atoms with Crippen molar-refractivity contribution in [1.29, 1.82) is 0 Å². The van der Waals surface area contributed by atoms with Crippen LogP contribution in [0.15, 0.2) is 30.5 Å². The Morgan fingerprint density at radius 3 is 2.79 bits per heavy atom. The second kappa shape index (κ2) is 5.65. The van der Waals surface area contributed by atoms with Crippen LogP contribution in [0.5, 0.6) is 0 Å². The van der Waals surface area contributed by atoms with Crippen LogP contribution in [0.25, 0.3) is 10.9 Å². The molecule has 100 valence electrons. The SMILES string of the molecule is CC(C)CC(Nc1cnnc2ccccc12)C(=O)O. The van der Waals surface area contributed by atoms with E-state index in [1.807, 2.05) is 38.1 Å². The average Bonchev–Trinajstić information content (AvgIpc) is 2.37. The van der Waals surface area contributed by atoms with Crippen LogP contribution in [0, 0.1) is 5.92 Å². The van der Waals surface area contributed by atoms with Crippen LogP contribution in [0.2, 0.25) is 0 Å². The zero-order chi connectivity index (χ0) is 13.8. The van der Waals surface area contributed by atoms with Gasteiger partial charge in [-0.1, -0.05) is 32.0 Å². The molecule has 1 heterocycles. The van der Waals surface area contributed by atoms with Crippen LogP contribution in [-0.2, 0) is 4.79 Å². The molecule has 0 spiro atoms. The maximum absolute atomic E-state index is 11.3. The zero-order valence-electron chi connectivity index (χ0n) is 11.0. The van der Waals surface area contributed by atoms with E-state index in [4.69, 9.17) is 0 Å². The van der Waals surface area contributed by atoms with Gasteiger partial charge in [0.05, 0.1) is 17.4 Å². The van der Waals surface area contributed by atoms with E-state index in [0.717, 1.165) is 10.9 Å². The Morgan fingerprint density at radius 1 is 1.37 bits per heavy atom. The number of carbonyl (C=O) groups is 1. The Balaban J connectivity index is 2.31. The monoisotopic (exact) mass is 259 g/mol. The summed E-state index contributed by atoms with van der Waals surface area (Å²) in [5, 5.41) is 21.1. The summed E-state index contributed by atoms with van der Waals surface area (Å²) >= 11 is 0. The Morgan fingerprint density at radius 2 is 2.11 bits per heavy atom. The van der Waals surface area contributed by atoms with E-state index in [1.54, 1.807) is 6.20 Å². The van der Waals surface area contributed by atoms with Crippen LogP contribution < -0.4 is 5.32 Å². The summed E-state index contributed by atoms with van der Waals surface area (Å²) in [5.41, 5.74) is 1.46. The third-order valence-corrected chi connectivity index (χ3v) is 2.88. The van der Waals surface area contributed by atoms with Crippen LogP contribution in [0.4, 0.5) is 5.69 Å². The fraction of sp³-hybridized carbons (Fsp3) is 0.357. The molecule has 0 aliphatic rings. The highest BCUT2D eigenvalue weighted by Gasteiger charge is 2.19. The number of fused-ring (bicyclic) bond motifs is 1. The summed E-state index contributed by atoms with van der Waals surface area (Å²) in [6.07, 6.45) is 2.13. The molecule has 0 fully saturated rings. The second-order valence-electron chi connectivity index (χ2n) is 4.94. The van der Waals surface area contributed by atoms with Gasteiger partial charge in [0, 0.05) is 5.39 Å². The van der Waals surface area contributed by atoms with Gasteiger partial charge in [0.2, 0.25) is 0 Å². The van der Waals surface area contributed by atoms with Gasteiger partial charge < -0.3 is 10.4 Å². The Hall–Kier alpha value is -2.17. The molecule has 1 atom stereocenters. The lowest BCUT2D eigenvalue weighted by molar-refractivity contribution is -0.138. The van der Waals surface area contributed by atoms with Crippen LogP contribution in [-0.4, -0.2) is 27.3 Å². The number of hydrogen-bond donors (Lipinski definition) is 2. The van der Waals surface area contributed by atoms with Crippen LogP contribution >= 0.6 is 0 Å². The standard InChI is InChI=1S/C14H17N3O2/c1-9(2)7-12(14(18)19)16-13-8-15-17-11-6-4-3-5-10(11)13/h3-6,8-9,12H,7H2,1-2H3,(H,16,17)(H,18,19). The molecule has 1 aromatic heterocycles. The van der Waals surface area contributed by atoms with Crippen molar-refractivity contribution in [3.8, 4) is 0 Å². The first kappa shape index (κ1) is 13.3. The number of hydrogen-bond acceptors (Lipinski definition) is 4. The van der Waals surface area contributed by atoms with Gasteiger partial charge in [0.25, 0.3) is 0 Å². The first-order chi connectivity index (χ1) is 9.08. The fourth-order valence-corrected chi connectivity index (χ4v) is 2.00. The van der Waals surface area contributed by atoms with Gasteiger partial charge in [0.1, 0.15) is 6.04 Å². The Kier molecular flexibility index (Phi) is 3.94. The summed E-state index contributed by atoms with van der Waals surface area (Å²) in [4.78, 5) is 11.3. The predicted octanol–water partition coefficient (Wildman–Crippen LogP) is 2.54. The van der Waals surface area contributed by atoms with E-state index < -0.39 is 12.0 Å². The van der Waals surface area contributed by atoms with Crippen LogP contribution in [0.1, 0.15) is 20.3 Å². The number of benzene rings is 1. The van der Waals surface area contributed by atoms with Crippen LogP contribution in [0.3, 0.4) is 0 Å². The topological polar surface area (TPSA) is 75.1 Å². The van der Waals surface area contributed by atoms with Crippen molar-refractivity contribution in [1.82, 2.24) is 10.2 Å². The minimum Gasteiger partial charge on any atom is -0.480 e. The highest BCUT2D eigenvalue weighted by atomic mass is 16.4. The highest BCUT2D eigenvalue weighted by Crippen LogP contribution is 2.21. The molecule has 2 aromatic rings. The molecule has 5 heteroatoms. The number of nitrogens with one attached hydrogen (secondary N) is 1. The molecule has 2 N–H and O–H groups in total. The fourth-order valence-electron chi connectivity index (χ4n) is 2.00. The second-order valence-corrected chi connectivity index (χ2v) is 4.94. The Labute approximate surface area is 111 Å². The van der Waals surface area contributed by atoms with Gasteiger partial charge in [-0.05, 0) is 18.4 Å². The molecule has 0 bridgehead atoms. The van der Waals surface area contributed by atoms with E-state index in [0.29, 0.717) is 18.0 Å². The van der Waals surface area contributed by atoms with Gasteiger partial charge >= 0.3 is 5.97 Å². The Bertz CT molecular complexity index is 578. The molecule has 0 amide bonds. The van der Waals surface area contributed by atoms with Crippen molar-refractivity contribution in [3.63, 3.8) is 0 Å². The van der Waals surface area contributed by atoms with Gasteiger partial charge in [-0.3, -0.25) is 0 Å². The summed E-state index contributed by atoms with van der Waals surface area (Å²) in [5.74, 6) is -0.552. The molecule has 2 rings (SSSR count). The third-order valence-electron chi connectivity index (χ3n) is 2.88. The van der Waals surface area contributed by atoms with E-state index in [9.17, 15) is 9.90 Å². The quantitative estimate of drug-likeness (QED) is 0.863. The van der Waals surface area contributed by atoms with Crippen molar-refractivity contribution in [2.24, 2.45) is 5.92 Å². The van der Waals surface area contributed by atoms with E-state index in [-0.39, 0.29) is 0 Å². The summed E-state index contributed by atoms with van der Waals surface area (Å²) in [6, 6.07) is 6.91. The number of anilines is 1. The van der Waals surface area contributed by atoms with E-state index >= 15 is 0 Å². The first-order valence-electron chi connectivity index (χ1n) is 6.27. The third kappa shape index (κ3) is 3.19. The molecule has 0 saturated carbocycles. The summed E-state index contributed by atoms with van der Waals surface area (Å²) in [6.45, 7) is 4.00. The van der Waals surface area contributed by atoms with Crippen molar-refractivity contribution < 1.29 is 9.90 Å². The van der Waals surface area contributed by atoms with Crippen molar-refractivity contribution in [2.75, 3.05) is 5.32 Å².